The Morgan fingerprint density at radius 3 is 2.74 bits per heavy atom. The Labute approximate surface area is 206 Å². The summed E-state index contributed by atoms with van der Waals surface area (Å²) >= 11 is 2.01. The molecule has 16 heteroatoms. The van der Waals surface area contributed by atoms with Crippen LogP contribution in [0.2, 0.25) is 0 Å². The number of β-lactam (4-membered cyclic amide) rings is 1. The predicted molar refractivity (Wildman–Crippen MR) is 123 cm³/mol. The second kappa shape index (κ2) is 11.1. The van der Waals surface area contributed by atoms with Gasteiger partial charge in [0.1, 0.15) is 42.5 Å². The number of nitrogens with one attached hydrogen (secondary N) is 1. The number of ketones is 1. The zero-order valence-corrected chi connectivity index (χ0v) is 19.9. The fraction of sp³-hybridized carbons (Fsp3) is 0.368. The number of carbonyl (C=O) groups is 5. The molecule has 35 heavy (non-hydrogen) atoms. The Morgan fingerprint density at radius 2 is 2.14 bits per heavy atom. The van der Waals surface area contributed by atoms with Crippen LogP contribution in [0.4, 0.5) is 5.13 Å². The van der Waals surface area contributed by atoms with Crippen LogP contribution in [0.1, 0.15) is 19.2 Å². The molecule has 4 N–H and O–H groups in total. The van der Waals surface area contributed by atoms with Gasteiger partial charge in [0.25, 0.3) is 11.8 Å². The summed E-state index contributed by atoms with van der Waals surface area (Å²) in [6, 6.07) is -1.07. The van der Waals surface area contributed by atoms with Crippen LogP contribution in [0.5, 0.6) is 0 Å². The first-order valence-corrected chi connectivity index (χ1v) is 11.7. The van der Waals surface area contributed by atoms with Crippen LogP contribution in [0.15, 0.2) is 29.1 Å². The molecular weight excluding hydrogens is 504 g/mol. The van der Waals surface area contributed by atoms with Crippen LogP contribution in [-0.4, -0.2) is 85.0 Å². The number of hydrogen-bond acceptors (Lipinski definition) is 13. The van der Waals surface area contributed by atoms with E-state index < -0.39 is 47.4 Å². The van der Waals surface area contributed by atoms with Gasteiger partial charge >= 0.3 is 11.9 Å². The second-order valence-electron chi connectivity index (χ2n) is 7.14. The van der Waals surface area contributed by atoms with Crippen molar-refractivity contribution < 1.29 is 38.7 Å². The van der Waals surface area contributed by atoms with E-state index in [1.165, 1.54) is 24.8 Å². The lowest BCUT2D eigenvalue weighted by Gasteiger charge is -2.49. The van der Waals surface area contributed by atoms with Crippen molar-refractivity contribution in [3.63, 3.8) is 0 Å². The summed E-state index contributed by atoms with van der Waals surface area (Å²) in [4.78, 5) is 70.1. The van der Waals surface area contributed by atoms with Crippen LogP contribution in [0.3, 0.4) is 0 Å². The Bertz CT molecular complexity index is 1150. The maximum atomic E-state index is 12.9. The number of carbonyl (C=O) groups excluding carboxylic acids is 4. The highest BCUT2D eigenvalue weighted by Crippen LogP contribution is 2.40. The van der Waals surface area contributed by atoms with E-state index in [1.54, 1.807) is 0 Å². The van der Waals surface area contributed by atoms with Crippen LogP contribution < -0.4 is 11.1 Å². The van der Waals surface area contributed by atoms with Crippen molar-refractivity contribution >= 4 is 63.7 Å². The number of thioether (sulfide) groups is 1. The summed E-state index contributed by atoms with van der Waals surface area (Å²) in [6.45, 7) is 4.31. The lowest BCUT2D eigenvalue weighted by atomic mass is 10.0. The summed E-state index contributed by atoms with van der Waals surface area (Å²) in [5, 5.41) is 15.2. The number of nitrogens with two attached hydrogens (primary N) is 1. The van der Waals surface area contributed by atoms with Gasteiger partial charge in [0.2, 0.25) is 11.5 Å². The number of carboxylic acids is 1. The number of amides is 2. The van der Waals surface area contributed by atoms with E-state index in [1.807, 2.05) is 0 Å². The zero-order valence-electron chi connectivity index (χ0n) is 18.3. The number of nitrogens with zero attached hydrogens (tertiary/aromatic N) is 4. The monoisotopic (exact) mass is 524 g/mol. The molecule has 1 saturated heterocycles. The van der Waals surface area contributed by atoms with Gasteiger partial charge in [-0.3, -0.25) is 24.1 Å². The van der Waals surface area contributed by atoms with Gasteiger partial charge in [-0.15, -0.1) is 11.8 Å². The minimum atomic E-state index is -1.40. The molecule has 0 bridgehead atoms. The molecule has 0 aliphatic carbocycles. The van der Waals surface area contributed by atoms with Gasteiger partial charge in [0.15, 0.2) is 5.13 Å². The molecule has 2 aliphatic heterocycles. The van der Waals surface area contributed by atoms with Crippen molar-refractivity contribution in [3.8, 4) is 0 Å². The van der Waals surface area contributed by atoms with Crippen molar-refractivity contribution in [2.24, 2.45) is 5.16 Å². The number of ether oxygens (including phenoxy) is 1. The lowest BCUT2D eigenvalue weighted by molar-refractivity contribution is -0.150. The average Bonchev–Trinajstić information content (AvgIpc) is 3.23. The van der Waals surface area contributed by atoms with E-state index in [9.17, 15) is 29.1 Å². The molecule has 0 spiro atoms. The second-order valence-corrected chi connectivity index (χ2v) is 9.03. The highest BCUT2D eigenvalue weighted by molar-refractivity contribution is 8.00. The largest absolute Gasteiger partial charge is 0.477 e. The summed E-state index contributed by atoms with van der Waals surface area (Å²) in [5.74, 6) is -4.09. The number of rotatable bonds is 11. The molecule has 0 radical (unpaired) electrons. The van der Waals surface area contributed by atoms with Crippen LogP contribution in [-0.2, 0) is 33.5 Å². The van der Waals surface area contributed by atoms with Gasteiger partial charge in [-0.25, -0.2) is 4.79 Å². The van der Waals surface area contributed by atoms with Gasteiger partial charge in [-0.1, -0.05) is 17.8 Å². The molecule has 1 aromatic rings. The quantitative estimate of drug-likeness (QED) is 0.0624. The topological polar surface area (TPSA) is 203 Å². The summed E-state index contributed by atoms with van der Waals surface area (Å²) in [5.41, 5.74) is 5.11. The Balaban J connectivity index is 1.74. The minimum Gasteiger partial charge on any atom is -0.477 e. The number of fused-ring (bicyclic) bond motifs is 1. The third-order valence-electron chi connectivity index (χ3n) is 4.55. The highest BCUT2D eigenvalue weighted by atomic mass is 32.2. The number of esters is 1. The molecule has 0 saturated carbocycles. The Morgan fingerprint density at radius 1 is 1.40 bits per heavy atom. The predicted octanol–water partition coefficient (Wildman–Crippen LogP) is -0.712. The van der Waals surface area contributed by atoms with Crippen molar-refractivity contribution in [2.45, 2.75) is 24.8 Å². The van der Waals surface area contributed by atoms with Gasteiger partial charge < -0.3 is 25.7 Å². The number of aromatic nitrogens is 2. The fourth-order valence-corrected chi connectivity index (χ4v) is 4.86. The number of oxime groups is 1. The first-order chi connectivity index (χ1) is 16.6. The van der Waals surface area contributed by atoms with Crippen LogP contribution in [0.25, 0.3) is 0 Å². The number of hydrogen-bond donors (Lipinski definition) is 3. The average molecular weight is 525 g/mol. The van der Waals surface area contributed by atoms with E-state index in [-0.39, 0.29) is 46.9 Å². The molecule has 0 aromatic carbocycles. The van der Waals surface area contributed by atoms with Crippen molar-refractivity contribution in [1.29, 1.82) is 0 Å². The number of carboxylic acid groups (broad SMARTS) is 1. The molecule has 2 atom stereocenters. The van der Waals surface area contributed by atoms with Crippen LogP contribution in [0, 0.1) is 0 Å². The molecule has 1 unspecified atom stereocenters. The van der Waals surface area contributed by atoms with Crippen LogP contribution >= 0.6 is 23.3 Å². The molecule has 1 aromatic heterocycles. The normalized spacial score (nSPS) is 19.4. The standard InChI is InChI=1S/C19H20N6O8S2/c1-3-4-33-23-11(14-22-19(20)35-24-14)15(28)21-12-16(29)25-13(18(30)31)9(7-34-17(12)25)6-32-10(27)5-8(2)26/h3,12,17H,1,4-7H2,2H3,(H,21,28)(H,30,31)(H2,20,22,24)/t12?,17-/m1/s1. The van der Waals surface area contributed by atoms with E-state index in [4.69, 9.17) is 15.3 Å². The fourth-order valence-electron chi connectivity index (χ4n) is 3.10. The lowest BCUT2D eigenvalue weighted by Crippen LogP contribution is -2.71. The zero-order chi connectivity index (χ0) is 25.7. The maximum absolute atomic E-state index is 12.9. The first-order valence-electron chi connectivity index (χ1n) is 9.90. The van der Waals surface area contributed by atoms with E-state index >= 15 is 0 Å². The van der Waals surface area contributed by atoms with Crippen molar-refractivity contribution in [2.75, 3.05) is 24.7 Å². The van der Waals surface area contributed by atoms with E-state index in [0.717, 1.165) is 16.4 Å². The number of Topliss-reactive ketones (excluding diaryl/α,β-unsaturated/α-hetero) is 1. The minimum absolute atomic E-state index is 0.00243. The molecule has 3 heterocycles. The smallest absolute Gasteiger partial charge is 0.352 e. The van der Waals surface area contributed by atoms with Crippen molar-refractivity contribution in [3.05, 3.63) is 29.7 Å². The molecule has 1 fully saturated rings. The number of aliphatic carboxylic acids is 1. The molecule has 2 amide bonds. The third kappa shape index (κ3) is 5.83. The van der Waals surface area contributed by atoms with Gasteiger partial charge in [0, 0.05) is 22.9 Å². The van der Waals surface area contributed by atoms with Gasteiger partial charge in [-0.05, 0) is 6.92 Å². The molecule has 14 nitrogen and oxygen atoms in total. The summed E-state index contributed by atoms with van der Waals surface area (Å²) < 4.78 is 8.90. The third-order valence-corrected chi connectivity index (χ3v) is 6.44. The summed E-state index contributed by atoms with van der Waals surface area (Å²) in [6.07, 6.45) is 0.963. The maximum Gasteiger partial charge on any atom is 0.352 e. The number of nitrogen functional groups attached to an aromatic ring is 1. The van der Waals surface area contributed by atoms with Crippen molar-refractivity contribution in [1.82, 2.24) is 19.6 Å². The van der Waals surface area contributed by atoms with E-state index in [0.29, 0.717) is 0 Å². The molecular formula is C19H20N6O8S2. The Kier molecular flexibility index (Phi) is 8.18. The van der Waals surface area contributed by atoms with Gasteiger partial charge in [-0.2, -0.15) is 9.36 Å². The van der Waals surface area contributed by atoms with E-state index in [2.05, 4.69) is 26.4 Å². The molecule has 2 aliphatic rings. The van der Waals surface area contributed by atoms with Gasteiger partial charge in [0.05, 0.1) is 0 Å². The number of anilines is 1. The molecule has 186 valence electrons. The summed E-state index contributed by atoms with van der Waals surface area (Å²) in [7, 11) is 0. The molecule has 3 rings (SSSR count). The first kappa shape index (κ1) is 25.8. The Hall–Kier alpha value is -3.79. The SMILES string of the molecule is C=CCON=C(C(=O)NC1C(=O)N2C(C(=O)O)=C(COC(=O)CC(C)=O)CS[C@H]12)c1nsc(N)n1. The highest BCUT2D eigenvalue weighted by Gasteiger charge is 2.54.